The maximum absolute atomic E-state index is 13.3. The summed E-state index contributed by atoms with van der Waals surface area (Å²) in [6.45, 7) is 4.44. The number of carbonyl (C=O) groups is 2. The molecular formula is C33H32N2O2S. The highest BCUT2D eigenvalue weighted by Crippen LogP contribution is 2.36. The van der Waals surface area contributed by atoms with Gasteiger partial charge in [0.2, 0.25) is 0 Å². The minimum Gasteiger partial charge on any atom is -0.318 e. The quantitative estimate of drug-likeness (QED) is 0.248. The van der Waals surface area contributed by atoms with Gasteiger partial charge >= 0.3 is 0 Å². The van der Waals surface area contributed by atoms with Crippen molar-refractivity contribution in [3.63, 3.8) is 0 Å². The van der Waals surface area contributed by atoms with Crippen LogP contribution in [0.1, 0.15) is 66.1 Å². The monoisotopic (exact) mass is 520 g/mol. The van der Waals surface area contributed by atoms with Crippen LogP contribution >= 0.6 is 11.8 Å². The lowest BCUT2D eigenvalue weighted by molar-refractivity contribution is -0.123. The SMILES string of the molecule is Cc1cc(/C=C2\SC(=O)N(Cc3cccc4ccccc34)C2=O)c(C)n1-c1ccc(C2CCCCC2)cc1. The van der Waals surface area contributed by atoms with Gasteiger partial charge in [-0.25, -0.2) is 0 Å². The third kappa shape index (κ3) is 4.60. The van der Waals surface area contributed by atoms with E-state index in [1.54, 1.807) is 0 Å². The first kappa shape index (κ1) is 24.7. The van der Waals surface area contributed by atoms with Gasteiger partial charge in [0.15, 0.2) is 0 Å². The van der Waals surface area contributed by atoms with Gasteiger partial charge in [0, 0.05) is 17.1 Å². The average molecular weight is 521 g/mol. The Morgan fingerprint density at radius 2 is 1.63 bits per heavy atom. The van der Waals surface area contributed by atoms with Crippen LogP contribution in [0.15, 0.2) is 77.7 Å². The molecule has 38 heavy (non-hydrogen) atoms. The highest BCUT2D eigenvalue weighted by Gasteiger charge is 2.35. The smallest absolute Gasteiger partial charge is 0.293 e. The number of imide groups is 1. The Hall–Kier alpha value is -3.57. The predicted octanol–water partition coefficient (Wildman–Crippen LogP) is 8.53. The van der Waals surface area contributed by atoms with Crippen LogP contribution < -0.4 is 0 Å². The number of amides is 2. The van der Waals surface area contributed by atoms with Crippen LogP contribution in [-0.4, -0.2) is 20.6 Å². The second-order valence-corrected chi connectivity index (χ2v) is 11.5. The highest BCUT2D eigenvalue weighted by molar-refractivity contribution is 8.18. The van der Waals surface area contributed by atoms with Crippen LogP contribution in [-0.2, 0) is 11.3 Å². The Balaban J connectivity index is 1.24. The second-order valence-electron chi connectivity index (χ2n) is 10.5. The van der Waals surface area contributed by atoms with Crippen molar-refractivity contribution in [2.75, 3.05) is 0 Å². The third-order valence-corrected chi connectivity index (χ3v) is 8.97. The van der Waals surface area contributed by atoms with Crippen molar-refractivity contribution in [3.8, 4) is 5.69 Å². The van der Waals surface area contributed by atoms with E-state index in [9.17, 15) is 9.59 Å². The Bertz CT molecular complexity index is 1550. The zero-order valence-electron chi connectivity index (χ0n) is 21.9. The van der Waals surface area contributed by atoms with Gasteiger partial charge in [-0.05, 0) is 96.1 Å². The van der Waals surface area contributed by atoms with E-state index in [-0.39, 0.29) is 17.7 Å². The standard InChI is InChI=1S/C33H32N2O2S/c1-22-19-28(23(2)35(22)29-17-15-25(16-18-29)24-9-4-3-5-10-24)20-31-32(36)34(33(37)38-31)21-27-13-8-12-26-11-6-7-14-30(26)27/h6-8,11-20,24H,3-5,9-10,21H2,1-2H3/b31-20-. The molecule has 0 N–H and O–H groups in total. The lowest BCUT2D eigenvalue weighted by Gasteiger charge is -2.22. The molecule has 5 heteroatoms. The molecule has 4 aromatic rings. The minimum atomic E-state index is -0.227. The summed E-state index contributed by atoms with van der Waals surface area (Å²) in [5, 5.41) is 1.95. The Labute approximate surface area is 228 Å². The molecule has 2 amide bonds. The lowest BCUT2D eigenvalue weighted by Crippen LogP contribution is -2.27. The van der Waals surface area contributed by atoms with Gasteiger partial charge in [0.1, 0.15) is 0 Å². The summed E-state index contributed by atoms with van der Waals surface area (Å²) in [4.78, 5) is 28.1. The van der Waals surface area contributed by atoms with E-state index in [0.29, 0.717) is 10.8 Å². The number of aryl methyl sites for hydroxylation is 1. The molecule has 0 atom stereocenters. The maximum atomic E-state index is 13.3. The average Bonchev–Trinajstić information content (AvgIpc) is 3.37. The van der Waals surface area contributed by atoms with E-state index in [2.05, 4.69) is 48.7 Å². The number of rotatable bonds is 5. The molecule has 192 valence electrons. The van der Waals surface area contributed by atoms with E-state index >= 15 is 0 Å². The summed E-state index contributed by atoms with van der Waals surface area (Å²) in [7, 11) is 0. The molecule has 6 rings (SSSR count). The topological polar surface area (TPSA) is 42.3 Å². The van der Waals surface area contributed by atoms with Crippen LogP contribution in [0.25, 0.3) is 22.5 Å². The number of carbonyl (C=O) groups excluding carboxylic acids is 2. The number of aromatic nitrogens is 1. The van der Waals surface area contributed by atoms with Crippen LogP contribution in [0.5, 0.6) is 0 Å². The number of hydrogen-bond acceptors (Lipinski definition) is 3. The number of nitrogens with zero attached hydrogens (tertiary/aromatic N) is 2. The molecule has 1 aromatic heterocycles. The van der Waals surface area contributed by atoms with Gasteiger partial charge in [-0.1, -0.05) is 73.9 Å². The van der Waals surface area contributed by atoms with Crippen LogP contribution in [0.2, 0.25) is 0 Å². The molecule has 0 spiro atoms. The summed E-state index contributed by atoms with van der Waals surface area (Å²) in [6.07, 6.45) is 8.49. The molecule has 1 aliphatic heterocycles. The predicted molar refractivity (Wildman–Crippen MR) is 157 cm³/mol. The Morgan fingerprint density at radius 3 is 2.42 bits per heavy atom. The van der Waals surface area contributed by atoms with E-state index in [0.717, 1.165) is 50.7 Å². The Morgan fingerprint density at radius 1 is 0.895 bits per heavy atom. The van der Waals surface area contributed by atoms with E-state index in [1.807, 2.05) is 48.5 Å². The summed E-state index contributed by atoms with van der Waals surface area (Å²) >= 11 is 1.03. The van der Waals surface area contributed by atoms with Gasteiger partial charge in [-0.2, -0.15) is 0 Å². The molecule has 2 aliphatic rings. The molecule has 1 saturated carbocycles. The van der Waals surface area contributed by atoms with E-state index < -0.39 is 0 Å². The first-order chi connectivity index (χ1) is 18.5. The largest absolute Gasteiger partial charge is 0.318 e. The highest BCUT2D eigenvalue weighted by atomic mass is 32.2. The summed E-state index contributed by atoms with van der Waals surface area (Å²) in [5.41, 5.74) is 6.68. The van der Waals surface area contributed by atoms with Crippen LogP contribution in [0.4, 0.5) is 4.79 Å². The lowest BCUT2D eigenvalue weighted by atomic mass is 9.84. The molecule has 1 saturated heterocycles. The zero-order chi connectivity index (χ0) is 26.2. The third-order valence-electron chi connectivity index (χ3n) is 8.07. The van der Waals surface area contributed by atoms with Crippen molar-refractivity contribution in [2.24, 2.45) is 0 Å². The molecule has 1 aliphatic carbocycles. The van der Waals surface area contributed by atoms with Crippen molar-refractivity contribution in [1.82, 2.24) is 9.47 Å². The fourth-order valence-corrected chi connectivity index (χ4v) is 6.87. The van der Waals surface area contributed by atoms with Crippen molar-refractivity contribution in [2.45, 2.75) is 58.4 Å². The first-order valence-electron chi connectivity index (χ1n) is 13.5. The molecule has 2 heterocycles. The molecule has 0 unspecified atom stereocenters. The molecule has 0 radical (unpaired) electrons. The van der Waals surface area contributed by atoms with Gasteiger partial charge in [0.25, 0.3) is 11.1 Å². The second kappa shape index (κ2) is 10.3. The minimum absolute atomic E-state index is 0.221. The van der Waals surface area contributed by atoms with Crippen molar-refractivity contribution in [1.29, 1.82) is 0 Å². The molecule has 0 bridgehead atoms. The van der Waals surface area contributed by atoms with E-state index in [1.165, 1.54) is 42.6 Å². The summed E-state index contributed by atoms with van der Waals surface area (Å²) in [5.74, 6) is 0.458. The fraction of sp³-hybridized carbons (Fsp3) is 0.273. The fourth-order valence-electron chi connectivity index (χ4n) is 6.04. The van der Waals surface area contributed by atoms with Gasteiger partial charge < -0.3 is 4.57 Å². The summed E-state index contributed by atoms with van der Waals surface area (Å²) < 4.78 is 2.23. The molecular weight excluding hydrogens is 488 g/mol. The van der Waals surface area contributed by atoms with Crippen molar-refractivity contribution >= 4 is 39.8 Å². The van der Waals surface area contributed by atoms with Crippen molar-refractivity contribution in [3.05, 3.63) is 106 Å². The first-order valence-corrected chi connectivity index (χ1v) is 14.3. The zero-order valence-corrected chi connectivity index (χ0v) is 22.8. The number of benzene rings is 3. The van der Waals surface area contributed by atoms with Gasteiger partial charge in [0.05, 0.1) is 11.4 Å². The van der Waals surface area contributed by atoms with Crippen molar-refractivity contribution < 1.29 is 9.59 Å². The molecule has 2 fully saturated rings. The number of fused-ring (bicyclic) bond motifs is 1. The number of hydrogen-bond donors (Lipinski definition) is 0. The van der Waals surface area contributed by atoms with Crippen LogP contribution in [0.3, 0.4) is 0 Å². The number of thioether (sulfide) groups is 1. The summed E-state index contributed by atoms with van der Waals surface area (Å²) in [6, 6.07) is 25.2. The van der Waals surface area contributed by atoms with Gasteiger partial charge in [-0.15, -0.1) is 0 Å². The normalized spacial score (nSPS) is 17.7. The Kier molecular flexibility index (Phi) is 6.71. The van der Waals surface area contributed by atoms with E-state index in [4.69, 9.17) is 0 Å². The molecule has 3 aromatic carbocycles. The maximum Gasteiger partial charge on any atom is 0.293 e. The van der Waals surface area contributed by atoms with Gasteiger partial charge in [-0.3, -0.25) is 14.5 Å². The van der Waals surface area contributed by atoms with Crippen LogP contribution in [0, 0.1) is 13.8 Å². The molecule has 4 nitrogen and oxygen atoms in total.